The third-order valence-corrected chi connectivity index (χ3v) is 23.4. The maximum absolute atomic E-state index is 4.40. The molecule has 0 fully saturated rings. The number of hydrogen-bond acceptors (Lipinski definition) is 7. The summed E-state index contributed by atoms with van der Waals surface area (Å²) < 4.78 is 0. The Bertz CT molecular complexity index is 5010. The molecule has 18 aromatic rings. The summed E-state index contributed by atoms with van der Waals surface area (Å²) in [5, 5.41) is 0. The molecule has 7 heterocycles. The number of nitrogens with zero attached hydrogens (tertiary/aromatic N) is 7. The number of pyridine rings is 7. The van der Waals surface area contributed by atoms with Crippen molar-refractivity contribution in [2.24, 2.45) is 0 Å². The van der Waals surface area contributed by atoms with Crippen LogP contribution in [0.5, 0.6) is 0 Å². The number of hydrogen-bond donors (Lipinski definition) is 0. The first-order valence-corrected chi connectivity index (χ1v) is 49.5. The van der Waals surface area contributed by atoms with Crippen molar-refractivity contribution in [2.75, 3.05) is 0 Å². The topological polar surface area (TPSA) is 90.2 Å². The highest BCUT2D eigenvalue weighted by Gasteiger charge is 2.25. The van der Waals surface area contributed by atoms with Gasteiger partial charge in [0.1, 0.15) is 0 Å². The molecule has 7 nitrogen and oxygen atoms in total. The van der Waals surface area contributed by atoms with Gasteiger partial charge in [0.15, 0.2) is 0 Å². The van der Waals surface area contributed by atoms with Crippen molar-refractivity contribution in [1.29, 1.82) is 0 Å². The van der Waals surface area contributed by atoms with E-state index in [0.29, 0.717) is 0 Å². The van der Waals surface area contributed by atoms with Gasteiger partial charge in [-0.15, -0.1) is 0 Å². The number of aromatic nitrogens is 7. The molecule has 684 valence electrons. The Labute approximate surface area is 808 Å². The van der Waals surface area contributed by atoms with Gasteiger partial charge in [-0.05, 0) is 213 Å². The van der Waals surface area contributed by atoms with Gasteiger partial charge in [0.05, 0.1) is 22.8 Å². The fourth-order valence-electron chi connectivity index (χ4n) is 17.8. The fraction of sp³-hybridized carbons (Fsp3) is 0.211. The monoisotopic (exact) mass is 1770 g/mol. The van der Waals surface area contributed by atoms with Crippen molar-refractivity contribution in [3.63, 3.8) is 0 Å². The largest absolute Gasteiger partial charge is 0.264 e. The molecule has 7 heteroatoms. The molecule has 9 aliphatic rings. The zero-order valence-corrected chi connectivity index (χ0v) is 83.0. The molecule has 7 aromatic heterocycles. The summed E-state index contributed by atoms with van der Waals surface area (Å²) in [7, 11) is 0. The molecule has 11 aromatic carbocycles. The molecule has 135 heavy (non-hydrogen) atoms. The molecule has 0 atom stereocenters. The highest BCUT2D eigenvalue weighted by molar-refractivity contribution is 5.82. The molecule has 0 saturated heterocycles. The molecular weight excluding hydrogens is 1640 g/mol. The van der Waals surface area contributed by atoms with Gasteiger partial charge in [0.2, 0.25) is 0 Å². The molecule has 9 aliphatic carbocycles. The first-order valence-electron chi connectivity index (χ1n) is 49.5. The SMILES string of the molecule is CC.CC.CC.CC.CC.CC.CC.CC.CC.c1ccc2c(c1)Cc1ccccc1-2.c1ccc2c(c1)Cc1ccccc1-2.c1ccc2c(c1)Cc1cccnc1-2.c1ccc2c(c1)Cc1cccnc1-2.c1ccc2c(c1)Cc1ccncc1-2.c1ccc2c(c1)Cc1ccncc1-2.c1ccc2c(c1)Cc1cnccc1-2.c1ccc2c(c1)Cc1ncccc1-2.c1ccc2c(c1)Cc1ncccc1-2. The van der Waals surface area contributed by atoms with Crippen molar-refractivity contribution >= 4 is 0 Å². The molecule has 0 spiro atoms. The predicted octanol–water partition coefficient (Wildman–Crippen LogP) is 34.3. The second kappa shape index (κ2) is 55.1. The zero-order chi connectivity index (χ0) is 96.1. The lowest BCUT2D eigenvalue weighted by Gasteiger charge is -1.98. The zero-order valence-electron chi connectivity index (χ0n) is 83.0. The van der Waals surface area contributed by atoms with E-state index < -0.39 is 0 Å². The third kappa shape index (κ3) is 25.3. The lowest BCUT2D eigenvalue weighted by atomic mass is 10.1. The van der Waals surface area contributed by atoms with Gasteiger partial charge in [-0.1, -0.05) is 416 Å². The lowest BCUT2D eigenvalue weighted by molar-refractivity contribution is 1.12. The number of rotatable bonds is 0. The second-order valence-electron chi connectivity index (χ2n) is 30.4. The van der Waals surface area contributed by atoms with Crippen LogP contribution in [0.15, 0.2) is 396 Å². The van der Waals surface area contributed by atoms with Crippen LogP contribution in [0.4, 0.5) is 0 Å². The highest BCUT2D eigenvalue weighted by Crippen LogP contribution is 2.43. The van der Waals surface area contributed by atoms with Gasteiger partial charge < -0.3 is 0 Å². The third-order valence-electron chi connectivity index (χ3n) is 23.4. The minimum absolute atomic E-state index is 0.992. The van der Waals surface area contributed by atoms with Crippen LogP contribution in [0.2, 0.25) is 0 Å². The number of benzene rings is 11. The summed E-state index contributed by atoms with van der Waals surface area (Å²) in [6, 6.07) is 117. The van der Waals surface area contributed by atoms with Crippen molar-refractivity contribution in [2.45, 2.75) is 182 Å². The van der Waals surface area contributed by atoms with Gasteiger partial charge >= 0.3 is 0 Å². The van der Waals surface area contributed by atoms with Gasteiger partial charge in [-0.2, -0.15) is 0 Å². The maximum Gasteiger partial charge on any atom is 0.0740 e. The average Bonchev–Trinajstić information content (AvgIpc) is 1.72. The molecule has 0 N–H and O–H groups in total. The van der Waals surface area contributed by atoms with Crippen LogP contribution >= 0.6 is 0 Å². The lowest BCUT2D eigenvalue weighted by Crippen LogP contribution is -1.83. The van der Waals surface area contributed by atoms with Crippen molar-refractivity contribution in [1.82, 2.24) is 34.9 Å². The molecule has 0 amide bonds. The Morgan fingerprint density at radius 1 is 0.126 bits per heavy atom. The Morgan fingerprint density at radius 2 is 0.304 bits per heavy atom. The molecule has 0 aliphatic heterocycles. The molecule has 0 bridgehead atoms. The smallest absolute Gasteiger partial charge is 0.0740 e. The molecular formula is C128H137N7. The van der Waals surface area contributed by atoms with Gasteiger partial charge in [-0.25, -0.2) is 0 Å². The normalized spacial score (nSPS) is 11.1. The van der Waals surface area contributed by atoms with Crippen LogP contribution in [0.1, 0.15) is 225 Å². The van der Waals surface area contributed by atoms with Gasteiger partial charge in [0, 0.05) is 127 Å². The quantitative estimate of drug-likeness (QED) is 0.149. The summed E-state index contributed by atoms with van der Waals surface area (Å²) in [6.45, 7) is 36.0. The van der Waals surface area contributed by atoms with E-state index in [1.807, 2.05) is 211 Å². The predicted molar refractivity (Wildman–Crippen MR) is 579 cm³/mol. The summed E-state index contributed by atoms with van der Waals surface area (Å²) >= 11 is 0. The molecule has 27 rings (SSSR count). The van der Waals surface area contributed by atoms with E-state index in [-0.39, 0.29) is 0 Å². The van der Waals surface area contributed by atoms with Crippen molar-refractivity contribution in [3.05, 3.63) is 496 Å². The second-order valence-corrected chi connectivity index (χ2v) is 30.4. The summed E-state index contributed by atoms with van der Waals surface area (Å²) in [6.07, 6.45) is 28.4. The van der Waals surface area contributed by atoms with Gasteiger partial charge in [-0.3, -0.25) is 34.9 Å². The molecule has 0 unspecified atom stereocenters. The van der Waals surface area contributed by atoms with Crippen LogP contribution < -0.4 is 0 Å². The minimum Gasteiger partial charge on any atom is -0.264 e. The van der Waals surface area contributed by atoms with Crippen molar-refractivity contribution in [3.8, 4) is 100 Å². The standard InChI is InChI=1S/2C13H10.7C12H9N.9C2H6/c2*1-3-7-12-10(5-1)9-11-6-2-4-8-13(11)12;2*1-2-6-11-9(4-1)8-10-5-3-7-13-12(10)11;2*1-2-5-10-9(4-1)8-12-11(10)6-3-7-13-12;1-2-4-11-9(3-1)7-10-8-13-6-5-12(10)11;2*1-2-4-11-9(3-1)7-10-5-6-13-8-12(10)11;9*1-2/h2*1-8H,9H2;4*1-7H,8H2;3*1-6,8H,7H2;9*1-2H3. The fourth-order valence-corrected chi connectivity index (χ4v) is 17.8. The van der Waals surface area contributed by atoms with Crippen LogP contribution in [-0.2, 0) is 57.8 Å². The van der Waals surface area contributed by atoms with Gasteiger partial charge in [0.25, 0.3) is 0 Å². The summed E-state index contributed by atoms with van der Waals surface area (Å²) in [5.41, 5.74) is 48.9. The van der Waals surface area contributed by atoms with E-state index in [1.165, 1.54) is 189 Å². The first kappa shape index (κ1) is 103. The molecule has 0 saturated carbocycles. The minimum atomic E-state index is 0.992. The molecule has 0 radical (unpaired) electrons. The average molecular weight is 1770 g/mol. The highest BCUT2D eigenvalue weighted by atomic mass is 14.7. The van der Waals surface area contributed by atoms with E-state index in [2.05, 4.69) is 344 Å². The Balaban J connectivity index is 0.000000154. The van der Waals surface area contributed by atoms with Crippen LogP contribution in [0, 0.1) is 0 Å². The van der Waals surface area contributed by atoms with Crippen molar-refractivity contribution < 1.29 is 0 Å². The summed E-state index contributed by atoms with van der Waals surface area (Å²) in [4.78, 5) is 30.0. The Morgan fingerprint density at radius 3 is 0.600 bits per heavy atom. The number of fused-ring (bicyclic) bond motifs is 27. The first-order chi connectivity index (χ1) is 67.0. The Hall–Kier alpha value is -14.5. The van der Waals surface area contributed by atoms with E-state index in [0.717, 1.165) is 69.2 Å². The maximum atomic E-state index is 4.40. The van der Waals surface area contributed by atoms with Crippen LogP contribution in [0.25, 0.3) is 100 Å². The van der Waals surface area contributed by atoms with Crippen LogP contribution in [0.3, 0.4) is 0 Å². The van der Waals surface area contributed by atoms with E-state index >= 15 is 0 Å². The van der Waals surface area contributed by atoms with Crippen LogP contribution in [-0.4, -0.2) is 34.9 Å². The summed E-state index contributed by atoms with van der Waals surface area (Å²) in [5.74, 6) is 0. The van der Waals surface area contributed by atoms with E-state index in [9.17, 15) is 0 Å². The van der Waals surface area contributed by atoms with E-state index in [1.54, 1.807) is 0 Å². The Kier molecular flexibility index (Phi) is 41.9. The van der Waals surface area contributed by atoms with E-state index in [4.69, 9.17) is 0 Å².